The number of carbonyl (C=O) groups excluding carboxylic acids is 1. The number of likely N-dealkylation sites (N-methyl/N-ethyl adjacent to an activating group) is 1. The van der Waals surface area contributed by atoms with Crippen LogP contribution in [-0.4, -0.2) is 48.8 Å². The van der Waals surface area contributed by atoms with Crippen LogP contribution in [0, 0.1) is 0 Å². The molecular formula is C19H22ClN3O3S2. The number of aromatic nitrogens is 1. The van der Waals surface area contributed by atoms with Gasteiger partial charge in [0.1, 0.15) is 0 Å². The summed E-state index contributed by atoms with van der Waals surface area (Å²) in [7, 11) is 0. The zero-order chi connectivity index (χ0) is 18.8. The molecule has 0 saturated carbocycles. The van der Waals surface area contributed by atoms with Crippen LogP contribution in [0.2, 0.25) is 0 Å². The lowest BCUT2D eigenvalue weighted by Gasteiger charge is -2.24. The van der Waals surface area contributed by atoms with E-state index in [-0.39, 0.29) is 25.1 Å². The Hall–Kier alpha value is -1.87. The molecule has 6 nitrogen and oxygen atoms in total. The lowest BCUT2D eigenvalue weighted by atomic mass is 10.3. The molecule has 9 heteroatoms. The van der Waals surface area contributed by atoms with E-state index in [2.05, 4.69) is 18.7 Å². The Morgan fingerprint density at radius 1 is 1.18 bits per heavy atom. The van der Waals surface area contributed by atoms with Gasteiger partial charge < -0.3 is 14.4 Å². The predicted octanol–water partition coefficient (Wildman–Crippen LogP) is 4.50. The quantitative estimate of drug-likeness (QED) is 0.542. The zero-order valence-corrected chi connectivity index (χ0v) is 18.2. The molecule has 0 N–H and O–H groups in total. The standard InChI is InChI=1S/C19H21N3O3S2.ClH/c1-3-21(4-2)7-8-22(18(23)16-6-5-9-26-16)19-20-13-10-14-15(25-12-24-14)11-17(13)27-19;/h5-6,9-11H,3-4,7-8,12H2,1-2H3;1H. The molecule has 0 spiro atoms. The number of fused-ring (bicyclic) bond motifs is 2. The van der Waals surface area contributed by atoms with Crippen LogP contribution in [0.5, 0.6) is 11.5 Å². The minimum Gasteiger partial charge on any atom is -0.454 e. The smallest absolute Gasteiger partial charge is 0.270 e. The average Bonchev–Trinajstić information content (AvgIpc) is 3.42. The van der Waals surface area contributed by atoms with Crippen LogP contribution >= 0.6 is 35.1 Å². The van der Waals surface area contributed by atoms with Crippen LogP contribution in [0.3, 0.4) is 0 Å². The van der Waals surface area contributed by atoms with Gasteiger partial charge in [-0.3, -0.25) is 9.69 Å². The van der Waals surface area contributed by atoms with Crippen molar-refractivity contribution < 1.29 is 14.3 Å². The second-order valence-electron chi connectivity index (χ2n) is 6.13. The van der Waals surface area contributed by atoms with Crippen molar-refractivity contribution in [2.75, 3.05) is 37.9 Å². The van der Waals surface area contributed by atoms with Crippen molar-refractivity contribution in [3.8, 4) is 11.5 Å². The molecule has 1 aliphatic heterocycles. The molecule has 1 aromatic carbocycles. The monoisotopic (exact) mass is 439 g/mol. The lowest BCUT2D eigenvalue weighted by molar-refractivity contribution is 0.0987. The lowest BCUT2D eigenvalue weighted by Crippen LogP contribution is -2.38. The van der Waals surface area contributed by atoms with Gasteiger partial charge in [-0.15, -0.1) is 23.7 Å². The van der Waals surface area contributed by atoms with E-state index in [9.17, 15) is 4.79 Å². The number of nitrogens with zero attached hydrogens (tertiary/aromatic N) is 3. The SMILES string of the molecule is CCN(CC)CCN(C(=O)c1cccs1)c1nc2cc3c(cc2s1)OCO3.Cl. The topological polar surface area (TPSA) is 54.9 Å². The third kappa shape index (κ3) is 4.10. The summed E-state index contributed by atoms with van der Waals surface area (Å²) in [5.41, 5.74) is 0.825. The van der Waals surface area contributed by atoms with Crippen molar-refractivity contribution in [2.24, 2.45) is 0 Å². The Morgan fingerprint density at radius 2 is 1.93 bits per heavy atom. The number of thiophene rings is 1. The number of hydrogen-bond donors (Lipinski definition) is 0. The molecule has 3 aromatic rings. The number of hydrogen-bond acceptors (Lipinski definition) is 7. The predicted molar refractivity (Wildman–Crippen MR) is 117 cm³/mol. The first-order chi connectivity index (χ1) is 13.2. The summed E-state index contributed by atoms with van der Waals surface area (Å²) < 4.78 is 11.9. The van der Waals surface area contributed by atoms with Gasteiger partial charge >= 0.3 is 0 Å². The first kappa shape index (κ1) is 20.9. The molecule has 0 bridgehead atoms. The highest BCUT2D eigenvalue weighted by atomic mass is 35.5. The van der Waals surface area contributed by atoms with Crippen molar-refractivity contribution in [3.63, 3.8) is 0 Å². The van der Waals surface area contributed by atoms with E-state index in [1.807, 2.05) is 29.6 Å². The molecule has 28 heavy (non-hydrogen) atoms. The number of anilines is 1. The van der Waals surface area contributed by atoms with Gasteiger partial charge in [0.05, 0.1) is 15.1 Å². The van der Waals surface area contributed by atoms with E-state index < -0.39 is 0 Å². The van der Waals surface area contributed by atoms with Crippen LogP contribution in [0.4, 0.5) is 5.13 Å². The van der Waals surface area contributed by atoms with E-state index in [1.54, 1.807) is 4.90 Å². The van der Waals surface area contributed by atoms with E-state index >= 15 is 0 Å². The molecule has 0 saturated heterocycles. The average molecular weight is 440 g/mol. The van der Waals surface area contributed by atoms with Crippen LogP contribution < -0.4 is 14.4 Å². The Balaban J connectivity index is 0.00000225. The maximum atomic E-state index is 13.1. The summed E-state index contributed by atoms with van der Waals surface area (Å²) in [6.45, 7) is 7.83. The van der Waals surface area contributed by atoms with Crippen LogP contribution in [-0.2, 0) is 0 Å². The summed E-state index contributed by atoms with van der Waals surface area (Å²) >= 11 is 2.96. The largest absolute Gasteiger partial charge is 0.454 e. The van der Waals surface area contributed by atoms with Crippen molar-refractivity contribution in [1.29, 1.82) is 0 Å². The Bertz CT molecular complexity index is 900. The van der Waals surface area contributed by atoms with E-state index in [4.69, 9.17) is 14.5 Å². The van der Waals surface area contributed by atoms with Crippen molar-refractivity contribution in [3.05, 3.63) is 34.5 Å². The van der Waals surface area contributed by atoms with Crippen LogP contribution in [0.15, 0.2) is 29.6 Å². The molecule has 0 radical (unpaired) electrons. The number of halogens is 1. The first-order valence-corrected chi connectivity index (χ1v) is 10.7. The van der Waals surface area contributed by atoms with Gasteiger partial charge in [0.15, 0.2) is 16.6 Å². The van der Waals surface area contributed by atoms with Crippen LogP contribution in [0.25, 0.3) is 10.2 Å². The van der Waals surface area contributed by atoms with Gasteiger partial charge in [0.2, 0.25) is 6.79 Å². The number of thiazole rings is 1. The molecule has 1 aliphatic rings. The van der Waals surface area contributed by atoms with Gasteiger partial charge in [-0.05, 0) is 24.5 Å². The Labute approximate surface area is 178 Å². The highest BCUT2D eigenvalue weighted by molar-refractivity contribution is 7.22. The van der Waals surface area contributed by atoms with E-state index in [0.29, 0.717) is 17.4 Å². The van der Waals surface area contributed by atoms with Crippen molar-refractivity contribution in [1.82, 2.24) is 9.88 Å². The second kappa shape index (κ2) is 9.09. The molecule has 3 heterocycles. The molecule has 0 fully saturated rings. The number of carbonyl (C=O) groups is 1. The van der Waals surface area contributed by atoms with Crippen molar-refractivity contribution >= 4 is 56.3 Å². The van der Waals surface area contributed by atoms with Crippen LogP contribution in [0.1, 0.15) is 23.5 Å². The summed E-state index contributed by atoms with van der Waals surface area (Å²) in [5, 5.41) is 2.63. The summed E-state index contributed by atoms with van der Waals surface area (Å²) in [6.07, 6.45) is 0. The number of rotatable bonds is 7. The van der Waals surface area contributed by atoms with Gasteiger partial charge in [0.25, 0.3) is 5.91 Å². The van der Waals surface area contributed by atoms with E-state index in [0.717, 1.165) is 40.5 Å². The third-order valence-corrected chi connectivity index (χ3v) is 6.51. The fourth-order valence-electron chi connectivity index (χ4n) is 3.02. The highest BCUT2D eigenvalue weighted by Gasteiger charge is 2.24. The van der Waals surface area contributed by atoms with Gasteiger partial charge in [-0.1, -0.05) is 31.3 Å². The second-order valence-corrected chi connectivity index (χ2v) is 8.09. The number of ether oxygens (including phenoxy) is 2. The number of amides is 1. The fraction of sp³-hybridized carbons (Fsp3) is 0.368. The van der Waals surface area contributed by atoms with E-state index in [1.165, 1.54) is 22.7 Å². The zero-order valence-electron chi connectivity index (χ0n) is 15.7. The maximum Gasteiger partial charge on any atom is 0.270 e. The fourth-order valence-corrected chi connectivity index (χ4v) is 4.69. The minimum absolute atomic E-state index is 0. The van der Waals surface area contributed by atoms with Gasteiger partial charge in [-0.25, -0.2) is 4.98 Å². The Kier molecular flexibility index (Phi) is 6.77. The molecule has 0 aliphatic carbocycles. The molecular weight excluding hydrogens is 418 g/mol. The van der Waals surface area contributed by atoms with Gasteiger partial charge in [0, 0.05) is 25.2 Å². The maximum absolute atomic E-state index is 13.1. The number of benzene rings is 1. The van der Waals surface area contributed by atoms with Gasteiger partial charge in [-0.2, -0.15) is 0 Å². The van der Waals surface area contributed by atoms with Crippen molar-refractivity contribution in [2.45, 2.75) is 13.8 Å². The molecule has 4 rings (SSSR count). The summed E-state index contributed by atoms with van der Waals surface area (Å²) in [6, 6.07) is 7.59. The summed E-state index contributed by atoms with van der Waals surface area (Å²) in [4.78, 5) is 22.7. The molecule has 150 valence electrons. The Morgan fingerprint density at radius 3 is 2.61 bits per heavy atom. The molecule has 1 amide bonds. The normalized spacial score (nSPS) is 12.4. The highest BCUT2D eigenvalue weighted by Crippen LogP contribution is 2.40. The molecule has 0 atom stereocenters. The third-order valence-electron chi connectivity index (χ3n) is 4.61. The first-order valence-electron chi connectivity index (χ1n) is 8.97. The molecule has 0 unspecified atom stereocenters. The minimum atomic E-state index is -0.00347. The summed E-state index contributed by atoms with van der Waals surface area (Å²) in [5.74, 6) is 1.44. The molecule has 2 aromatic heterocycles.